The molecule has 0 amide bonds. The molecule has 4 nitrogen and oxygen atoms in total. The molecule has 0 spiro atoms. The van der Waals surface area contributed by atoms with Crippen molar-refractivity contribution in [3.63, 3.8) is 0 Å². The van der Waals surface area contributed by atoms with Gasteiger partial charge in [0.2, 0.25) is 0 Å². The van der Waals surface area contributed by atoms with E-state index in [1.165, 1.54) is 12.3 Å². The third-order valence-corrected chi connectivity index (χ3v) is 1.61. The van der Waals surface area contributed by atoms with Crippen LogP contribution in [0.15, 0.2) is 18.5 Å². The van der Waals surface area contributed by atoms with Gasteiger partial charge in [-0.2, -0.15) is 0 Å². The summed E-state index contributed by atoms with van der Waals surface area (Å²) in [4.78, 5) is 13.9. The number of nitrogens with two attached hydrogens (primary N) is 1. The predicted octanol–water partition coefficient (Wildman–Crippen LogP) is 0.175. The lowest BCUT2D eigenvalue weighted by Crippen LogP contribution is -2.32. The predicted molar refractivity (Wildman–Crippen MR) is 43.5 cm³/mol. The maximum Gasteiger partial charge on any atom is 0.320 e. The molecule has 13 heavy (non-hydrogen) atoms. The molecule has 0 aliphatic rings. The fourth-order valence-electron chi connectivity index (χ4n) is 0.894. The van der Waals surface area contributed by atoms with Gasteiger partial charge in [0.25, 0.3) is 0 Å². The van der Waals surface area contributed by atoms with Crippen LogP contribution < -0.4 is 5.73 Å². The molecule has 0 unspecified atom stereocenters. The van der Waals surface area contributed by atoms with Gasteiger partial charge >= 0.3 is 5.97 Å². The van der Waals surface area contributed by atoms with Crippen molar-refractivity contribution in [2.24, 2.45) is 5.73 Å². The van der Waals surface area contributed by atoms with Gasteiger partial charge in [-0.3, -0.25) is 9.78 Å². The van der Waals surface area contributed by atoms with Gasteiger partial charge in [-0.15, -0.1) is 0 Å². The lowest BCUT2D eigenvalue weighted by atomic mass is 10.1. The second-order valence-electron chi connectivity index (χ2n) is 2.62. The molecular weight excluding hydrogens is 175 g/mol. The van der Waals surface area contributed by atoms with Crippen molar-refractivity contribution in [1.29, 1.82) is 0 Å². The van der Waals surface area contributed by atoms with Crippen LogP contribution in [0.4, 0.5) is 4.39 Å². The van der Waals surface area contributed by atoms with Crippen LogP contribution in [-0.2, 0) is 11.2 Å². The first-order valence-corrected chi connectivity index (χ1v) is 3.68. The fourth-order valence-corrected chi connectivity index (χ4v) is 0.894. The zero-order valence-corrected chi connectivity index (χ0v) is 6.77. The van der Waals surface area contributed by atoms with Gasteiger partial charge < -0.3 is 10.8 Å². The van der Waals surface area contributed by atoms with Crippen molar-refractivity contribution in [2.45, 2.75) is 12.5 Å². The number of hydrogen-bond donors (Lipinski definition) is 2. The number of hydrogen-bond acceptors (Lipinski definition) is 3. The van der Waals surface area contributed by atoms with E-state index in [1.54, 1.807) is 0 Å². The number of carboxylic acids is 1. The minimum absolute atomic E-state index is 0.0241. The third kappa shape index (κ3) is 2.48. The van der Waals surface area contributed by atoms with E-state index < -0.39 is 17.8 Å². The van der Waals surface area contributed by atoms with Crippen LogP contribution in [0.2, 0.25) is 0 Å². The summed E-state index contributed by atoms with van der Waals surface area (Å²) in [5.41, 5.74) is 5.50. The van der Waals surface area contributed by atoms with Crippen LogP contribution in [-0.4, -0.2) is 22.1 Å². The first kappa shape index (κ1) is 9.60. The van der Waals surface area contributed by atoms with Crippen LogP contribution in [0.5, 0.6) is 0 Å². The van der Waals surface area contributed by atoms with Crippen molar-refractivity contribution in [2.75, 3.05) is 0 Å². The van der Waals surface area contributed by atoms with E-state index in [2.05, 4.69) is 4.98 Å². The molecule has 0 bridgehead atoms. The first-order valence-electron chi connectivity index (χ1n) is 3.68. The number of nitrogens with zero attached hydrogens (tertiary/aromatic N) is 1. The first-order chi connectivity index (χ1) is 6.11. The van der Waals surface area contributed by atoms with Gasteiger partial charge in [0.05, 0.1) is 6.20 Å². The van der Waals surface area contributed by atoms with E-state index in [1.807, 2.05) is 0 Å². The smallest absolute Gasteiger partial charge is 0.320 e. The molecule has 0 fully saturated rings. The lowest BCUT2D eigenvalue weighted by Gasteiger charge is -2.06. The van der Waals surface area contributed by atoms with Crippen molar-refractivity contribution in [1.82, 2.24) is 4.98 Å². The van der Waals surface area contributed by atoms with Gasteiger partial charge in [-0.1, -0.05) is 0 Å². The van der Waals surface area contributed by atoms with Crippen molar-refractivity contribution in [3.8, 4) is 0 Å². The Morgan fingerprint density at radius 3 is 3.00 bits per heavy atom. The molecule has 0 aliphatic heterocycles. The van der Waals surface area contributed by atoms with Crippen molar-refractivity contribution >= 4 is 5.97 Å². The van der Waals surface area contributed by atoms with E-state index in [0.29, 0.717) is 0 Å². The Hall–Kier alpha value is -1.49. The van der Waals surface area contributed by atoms with Crippen molar-refractivity contribution in [3.05, 3.63) is 29.8 Å². The quantitative estimate of drug-likeness (QED) is 0.702. The van der Waals surface area contributed by atoms with Crippen LogP contribution in [0.25, 0.3) is 0 Å². The summed E-state index contributed by atoms with van der Waals surface area (Å²) < 4.78 is 12.9. The molecule has 70 valence electrons. The molecule has 0 radical (unpaired) electrons. The van der Waals surface area contributed by atoms with Crippen molar-refractivity contribution < 1.29 is 14.3 Å². The Labute approximate surface area is 74.2 Å². The van der Waals surface area contributed by atoms with Gasteiger partial charge in [-0.05, 0) is 11.6 Å². The fraction of sp³-hybridized carbons (Fsp3) is 0.250. The highest BCUT2D eigenvalue weighted by Gasteiger charge is 2.14. The zero-order chi connectivity index (χ0) is 9.84. The Balaban J connectivity index is 2.74. The van der Waals surface area contributed by atoms with E-state index in [0.717, 1.165) is 6.20 Å². The SMILES string of the molecule is N[C@H](Cc1ccncc1F)C(=O)O. The summed E-state index contributed by atoms with van der Waals surface area (Å²) in [7, 11) is 0. The molecule has 0 aliphatic carbocycles. The maximum absolute atomic E-state index is 12.9. The Morgan fingerprint density at radius 1 is 1.77 bits per heavy atom. The summed E-state index contributed by atoms with van der Waals surface area (Å²) in [6, 6.07) is 0.342. The molecular formula is C8H9FN2O2. The van der Waals surface area contributed by atoms with Gasteiger partial charge in [0, 0.05) is 12.6 Å². The summed E-state index contributed by atoms with van der Waals surface area (Å²) in [6.45, 7) is 0. The Morgan fingerprint density at radius 2 is 2.46 bits per heavy atom. The van der Waals surface area contributed by atoms with Crippen LogP contribution in [0, 0.1) is 5.82 Å². The lowest BCUT2D eigenvalue weighted by molar-refractivity contribution is -0.138. The number of pyridine rings is 1. The third-order valence-electron chi connectivity index (χ3n) is 1.61. The molecule has 3 N–H and O–H groups in total. The molecule has 0 aromatic carbocycles. The van der Waals surface area contributed by atoms with E-state index in [4.69, 9.17) is 10.8 Å². The monoisotopic (exact) mass is 184 g/mol. The normalized spacial score (nSPS) is 12.5. The number of halogens is 1. The summed E-state index contributed by atoms with van der Waals surface area (Å²) in [5, 5.41) is 8.47. The number of aromatic nitrogens is 1. The highest BCUT2D eigenvalue weighted by atomic mass is 19.1. The molecule has 1 aromatic heterocycles. The number of rotatable bonds is 3. The topological polar surface area (TPSA) is 76.2 Å². The summed E-state index contributed by atoms with van der Waals surface area (Å²) in [6.07, 6.45) is 2.40. The number of carboxylic acid groups (broad SMARTS) is 1. The van der Waals surface area contributed by atoms with Gasteiger partial charge in [0.15, 0.2) is 0 Å². The van der Waals surface area contributed by atoms with Gasteiger partial charge in [-0.25, -0.2) is 4.39 Å². The Bertz CT molecular complexity index is 317. The highest BCUT2D eigenvalue weighted by Crippen LogP contribution is 2.06. The minimum Gasteiger partial charge on any atom is -0.480 e. The standard InChI is InChI=1S/C8H9FN2O2/c9-6-4-11-2-1-5(6)3-7(10)8(12)13/h1-2,4,7H,3,10H2,(H,12,13)/t7-/m1/s1. The second kappa shape index (κ2) is 3.95. The molecule has 1 heterocycles. The zero-order valence-electron chi connectivity index (χ0n) is 6.77. The molecule has 1 rings (SSSR count). The largest absolute Gasteiger partial charge is 0.480 e. The Kier molecular flexibility index (Phi) is 2.92. The van der Waals surface area contributed by atoms with Gasteiger partial charge in [0.1, 0.15) is 11.9 Å². The highest BCUT2D eigenvalue weighted by molar-refractivity contribution is 5.73. The molecule has 1 aromatic rings. The second-order valence-corrected chi connectivity index (χ2v) is 2.62. The summed E-state index contributed by atoms with van der Waals surface area (Å²) >= 11 is 0. The maximum atomic E-state index is 12.9. The van der Waals surface area contributed by atoms with Crippen LogP contribution in [0.3, 0.4) is 0 Å². The van der Waals surface area contributed by atoms with E-state index >= 15 is 0 Å². The molecule has 0 saturated carbocycles. The van der Waals surface area contributed by atoms with Crippen LogP contribution in [0.1, 0.15) is 5.56 Å². The average molecular weight is 184 g/mol. The molecule has 0 saturated heterocycles. The number of aliphatic carboxylic acids is 1. The number of carbonyl (C=O) groups is 1. The average Bonchev–Trinajstić information content (AvgIpc) is 2.08. The van der Waals surface area contributed by atoms with E-state index in [9.17, 15) is 9.18 Å². The summed E-state index contributed by atoms with van der Waals surface area (Å²) in [5.74, 6) is -1.67. The van der Waals surface area contributed by atoms with Crippen LogP contribution >= 0.6 is 0 Å². The molecule has 5 heteroatoms. The minimum atomic E-state index is -1.14. The molecule has 1 atom stereocenters. The van der Waals surface area contributed by atoms with E-state index in [-0.39, 0.29) is 12.0 Å².